The molecule has 3 aliphatic rings. The number of carbonyl (C=O) groups excluding carboxylic acids is 5. The van der Waals surface area contributed by atoms with Crippen LogP contribution in [0.25, 0.3) is 10.1 Å². The summed E-state index contributed by atoms with van der Waals surface area (Å²) in [6.07, 6.45) is 0.219. The number of thiophene rings is 1. The monoisotopic (exact) mass is 699 g/mol. The van der Waals surface area contributed by atoms with E-state index in [1.165, 1.54) is 52.6 Å². The van der Waals surface area contributed by atoms with Gasteiger partial charge in [0.2, 0.25) is 23.6 Å². The Morgan fingerprint density at radius 2 is 1.70 bits per heavy atom. The van der Waals surface area contributed by atoms with E-state index in [9.17, 15) is 42.4 Å². The third kappa shape index (κ3) is 6.64. The number of alkyl halides is 2. The number of halogens is 2. The zero-order valence-electron chi connectivity index (χ0n) is 25.8. The predicted molar refractivity (Wildman–Crippen MR) is 164 cm³/mol. The summed E-state index contributed by atoms with van der Waals surface area (Å²) in [7, 11) is -4.30. The third-order valence-electron chi connectivity index (χ3n) is 9.23. The van der Waals surface area contributed by atoms with Crippen molar-refractivity contribution in [3.05, 3.63) is 34.7 Å². The molecule has 1 aromatic heterocycles. The second-order valence-corrected chi connectivity index (χ2v) is 15.0. The number of likely N-dealkylation sites (tertiary alicyclic amines) is 1. The Labute approximate surface area is 272 Å². The maximum absolute atomic E-state index is 14.3. The molecule has 4 heterocycles. The third-order valence-corrected chi connectivity index (χ3v) is 11.3. The summed E-state index contributed by atoms with van der Waals surface area (Å²) in [5, 5.41) is 13.4. The van der Waals surface area contributed by atoms with Crippen molar-refractivity contribution in [3.63, 3.8) is 0 Å². The molecule has 0 bridgehead atoms. The quantitative estimate of drug-likeness (QED) is 0.318. The largest absolute Gasteiger partial charge is 0.399 e. The van der Waals surface area contributed by atoms with E-state index in [1.54, 1.807) is 0 Å². The van der Waals surface area contributed by atoms with Gasteiger partial charge in [0.1, 0.15) is 12.1 Å². The number of aliphatic hydroxyl groups is 1. The summed E-state index contributed by atoms with van der Waals surface area (Å²) < 4.78 is 40.4. The molecule has 256 valence electrons. The molecule has 2 aromatic rings. The summed E-state index contributed by atoms with van der Waals surface area (Å²) in [4.78, 5) is 89.7. The molecule has 5 atom stereocenters. The molecule has 0 aliphatic carbocycles. The molecule has 1 unspecified atom stereocenters. The number of amides is 5. The molecule has 5 amide bonds. The highest BCUT2D eigenvalue weighted by atomic mass is 32.1. The molecule has 18 heteroatoms. The van der Waals surface area contributed by atoms with Gasteiger partial charge in [0.25, 0.3) is 5.91 Å². The van der Waals surface area contributed by atoms with E-state index >= 15 is 0 Å². The fourth-order valence-electron chi connectivity index (χ4n) is 6.56. The number of fused-ring (bicyclic) bond motifs is 2. The van der Waals surface area contributed by atoms with Gasteiger partial charge in [-0.1, -0.05) is 6.07 Å². The average Bonchev–Trinajstić information content (AvgIpc) is 3.72. The highest BCUT2D eigenvalue weighted by molar-refractivity contribution is 7.52. The minimum atomic E-state index is -5.82. The van der Waals surface area contributed by atoms with Gasteiger partial charge in [0, 0.05) is 63.4 Å². The molecule has 14 nitrogen and oxygen atoms in total. The molecule has 0 saturated carbocycles. The number of aliphatic hydroxyl groups excluding tert-OH is 1. The highest BCUT2D eigenvalue weighted by Gasteiger charge is 2.51. The standard InChI is InChI=1S/C29H36F2N5O9PS/c1-15(37)34-9-8-19-5-6-21(28(42)33(3)22-13-35(16(2)38)14-23(22)39)36(19)27(41)20(12-34)32-26(40)25-11-17-10-18(4-7-24(17)47-25)29(30,31)46(43,44)45/h4,7,10-11,19-23,39H,5-6,8-9,12-14H2,1-3H3,(H,32,40)(H2,43,44,45)/t19-,20?,21+,22+,23+/m1/s1. The SMILES string of the molecule is CC(=O)N1CC[C@H]2CC[C@@H](C(=O)N(C)[C@H]3CN(C(C)=O)C[C@@H]3O)N2C(=O)C(NC(=O)c2cc3cc(C(F)(F)P(=O)(O)O)ccc3s2)C1. The molecular formula is C29H36F2N5O9PS. The molecule has 47 heavy (non-hydrogen) atoms. The van der Waals surface area contributed by atoms with Gasteiger partial charge >= 0.3 is 13.3 Å². The highest BCUT2D eigenvalue weighted by Crippen LogP contribution is 2.59. The van der Waals surface area contributed by atoms with Gasteiger partial charge in [0.15, 0.2) is 0 Å². The average molecular weight is 700 g/mol. The summed E-state index contributed by atoms with van der Waals surface area (Å²) in [6.45, 7) is 3.01. The maximum atomic E-state index is 14.3. The van der Waals surface area contributed by atoms with Crippen LogP contribution in [0, 0.1) is 0 Å². The smallest absolute Gasteiger partial charge is 0.389 e. The number of benzene rings is 1. The van der Waals surface area contributed by atoms with Crippen molar-refractivity contribution in [2.75, 3.05) is 33.2 Å². The van der Waals surface area contributed by atoms with E-state index in [0.717, 1.165) is 23.5 Å². The zero-order valence-corrected chi connectivity index (χ0v) is 27.5. The second kappa shape index (κ2) is 12.8. The van der Waals surface area contributed by atoms with E-state index in [0.29, 0.717) is 24.0 Å². The number of rotatable bonds is 6. The first-order chi connectivity index (χ1) is 21.9. The van der Waals surface area contributed by atoms with Crippen LogP contribution >= 0.6 is 18.9 Å². The normalized spacial score (nSPS) is 25.4. The van der Waals surface area contributed by atoms with Crippen LogP contribution in [0.1, 0.15) is 48.3 Å². The Kier molecular flexibility index (Phi) is 9.51. The minimum absolute atomic E-state index is 0.0245. The van der Waals surface area contributed by atoms with Gasteiger partial charge in [-0.3, -0.25) is 28.5 Å². The molecule has 0 radical (unpaired) electrons. The molecule has 3 fully saturated rings. The van der Waals surface area contributed by atoms with Gasteiger partial charge in [-0.05, 0) is 42.8 Å². The van der Waals surface area contributed by atoms with Crippen LogP contribution in [0.4, 0.5) is 8.78 Å². The van der Waals surface area contributed by atoms with Crippen molar-refractivity contribution < 1.29 is 52.2 Å². The first-order valence-corrected chi connectivity index (χ1v) is 17.4. The van der Waals surface area contributed by atoms with Crippen molar-refractivity contribution in [3.8, 4) is 0 Å². The van der Waals surface area contributed by atoms with Gasteiger partial charge in [-0.15, -0.1) is 11.3 Å². The van der Waals surface area contributed by atoms with Crippen molar-refractivity contribution in [1.29, 1.82) is 0 Å². The van der Waals surface area contributed by atoms with Crippen molar-refractivity contribution in [2.24, 2.45) is 0 Å². The minimum Gasteiger partial charge on any atom is -0.389 e. The fraction of sp³-hybridized carbons (Fsp3) is 0.552. The van der Waals surface area contributed by atoms with E-state index < -0.39 is 66.8 Å². The topological polar surface area (TPSA) is 188 Å². The van der Waals surface area contributed by atoms with E-state index in [2.05, 4.69) is 5.32 Å². The van der Waals surface area contributed by atoms with Gasteiger partial charge < -0.3 is 39.8 Å². The second-order valence-electron chi connectivity index (χ2n) is 12.2. The summed E-state index contributed by atoms with van der Waals surface area (Å²) in [5.41, 5.74) is -5.36. The van der Waals surface area contributed by atoms with Crippen molar-refractivity contribution in [2.45, 2.75) is 69.0 Å². The number of nitrogens with one attached hydrogen (secondary N) is 1. The number of nitrogens with zero attached hydrogens (tertiary/aromatic N) is 4. The van der Waals surface area contributed by atoms with Crippen LogP contribution < -0.4 is 5.32 Å². The lowest BCUT2D eigenvalue weighted by Crippen LogP contribution is -2.61. The molecule has 0 spiro atoms. The molecule has 5 rings (SSSR count). The number of carbonyl (C=O) groups is 5. The lowest BCUT2D eigenvalue weighted by Gasteiger charge is -2.39. The van der Waals surface area contributed by atoms with Gasteiger partial charge in [-0.2, -0.15) is 8.78 Å². The van der Waals surface area contributed by atoms with Crippen LogP contribution in [0.2, 0.25) is 0 Å². The Morgan fingerprint density at radius 1 is 1.02 bits per heavy atom. The Hall–Kier alpha value is -3.50. The van der Waals surface area contributed by atoms with Crippen LogP contribution in [-0.2, 0) is 29.4 Å². The molecule has 3 saturated heterocycles. The first-order valence-electron chi connectivity index (χ1n) is 15.0. The van der Waals surface area contributed by atoms with Gasteiger partial charge in [-0.25, -0.2) is 0 Å². The molecule has 3 aliphatic heterocycles. The number of hydrogen-bond donors (Lipinski definition) is 4. The van der Waals surface area contributed by atoms with Crippen LogP contribution in [0.5, 0.6) is 0 Å². The van der Waals surface area contributed by atoms with Crippen LogP contribution in [0.3, 0.4) is 0 Å². The summed E-state index contributed by atoms with van der Waals surface area (Å²) >= 11 is 0.915. The predicted octanol–water partition coefficient (Wildman–Crippen LogP) is 0.889. The molecular weight excluding hydrogens is 663 g/mol. The lowest BCUT2D eigenvalue weighted by atomic mass is 10.1. The van der Waals surface area contributed by atoms with E-state index in [-0.39, 0.29) is 48.3 Å². The summed E-state index contributed by atoms with van der Waals surface area (Å²) in [6, 6.07) is 0.983. The zero-order chi connectivity index (χ0) is 34.6. The Balaban J connectivity index is 1.39. The Bertz CT molecular complexity index is 1670. The van der Waals surface area contributed by atoms with E-state index in [4.69, 9.17) is 9.79 Å². The Morgan fingerprint density at radius 3 is 2.32 bits per heavy atom. The lowest BCUT2D eigenvalue weighted by molar-refractivity contribution is -0.149. The number of β-amino-alcohol motifs (C(OH)–C–C–N with tert-alkyl or cyclic N) is 1. The molecule has 4 N–H and O–H groups in total. The first kappa shape index (κ1) is 34.8. The van der Waals surface area contributed by atoms with Crippen LogP contribution in [-0.4, -0.2) is 128 Å². The van der Waals surface area contributed by atoms with Crippen LogP contribution in [0.15, 0.2) is 24.3 Å². The van der Waals surface area contributed by atoms with E-state index in [1.807, 2.05) is 0 Å². The molecule has 1 aromatic carbocycles. The fourth-order valence-corrected chi connectivity index (χ4v) is 7.98. The van der Waals surface area contributed by atoms with Crippen molar-refractivity contribution >= 4 is 58.6 Å². The van der Waals surface area contributed by atoms with Crippen molar-refractivity contribution in [1.82, 2.24) is 24.9 Å². The number of hydrogen-bond acceptors (Lipinski definition) is 8. The maximum Gasteiger partial charge on any atom is 0.399 e. The number of likely N-dealkylation sites (N-methyl/N-ethyl adjacent to an activating group) is 1. The van der Waals surface area contributed by atoms with Gasteiger partial charge in [0.05, 0.1) is 17.0 Å². The summed E-state index contributed by atoms with van der Waals surface area (Å²) in [5.74, 6) is -2.30.